The second kappa shape index (κ2) is 7.40. The molecule has 0 bridgehead atoms. The normalized spacial score (nSPS) is 16.6. The first-order valence-electron chi connectivity index (χ1n) is 7.16. The van der Waals surface area contributed by atoms with E-state index in [1.807, 2.05) is 26.8 Å². The van der Waals surface area contributed by atoms with E-state index in [9.17, 15) is 9.59 Å². The van der Waals surface area contributed by atoms with Crippen molar-refractivity contribution in [2.75, 3.05) is 13.7 Å². The molecule has 0 aliphatic carbocycles. The number of rotatable bonds is 5. The van der Waals surface area contributed by atoms with Gasteiger partial charge in [-0.05, 0) is 72.2 Å². The maximum absolute atomic E-state index is 12.3. The molecule has 124 valence electrons. The lowest BCUT2D eigenvalue weighted by Gasteiger charge is -2.16. The van der Waals surface area contributed by atoms with Crippen molar-refractivity contribution in [3.8, 4) is 11.5 Å². The second-order valence-corrected chi connectivity index (χ2v) is 6.96. The van der Waals surface area contributed by atoms with Gasteiger partial charge < -0.3 is 9.47 Å². The fourth-order valence-electron chi connectivity index (χ4n) is 2.21. The molecule has 0 aromatic heterocycles. The SMILES string of the molecule is CCOc1cc(/C=C2/SC(=O)N(C(C)C)C2=O)cc(Br)c1OC. The number of hydrogen-bond donors (Lipinski definition) is 0. The summed E-state index contributed by atoms with van der Waals surface area (Å²) in [5, 5.41) is -0.242. The van der Waals surface area contributed by atoms with Gasteiger partial charge in [0.05, 0.1) is 23.1 Å². The van der Waals surface area contributed by atoms with E-state index in [2.05, 4.69) is 15.9 Å². The average Bonchev–Trinajstić information content (AvgIpc) is 2.73. The molecule has 1 saturated heterocycles. The number of hydrogen-bond acceptors (Lipinski definition) is 5. The first-order valence-corrected chi connectivity index (χ1v) is 8.77. The number of nitrogens with zero attached hydrogens (tertiary/aromatic N) is 1. The molecular formula is C16H18BrNO4S. The summed E-state index contributed by atoms with van der Waals surface area (Å²) in [5.41, 5.74) is 0.760. The van der Waals surface area contributed by atoms with Crippen molar-refractivity contribution in [1.29, 1.82) is 0 Å². The summed E-state index contributed by atoms with van der Waals surface area (Å²) in [4.78, 5) is 25.9. The molecule has 1 aliphatic rings. The van der Waals surface area contributed by atoms with Crippen molar-refractivity contribution >= 4 is 44.9 Å². The lowest BCUT2D eigenvalue weighted by atomic mass is 10.1. The summed E-state index contributed by atoms with van der Waals surface area (Å²) in [6.07, 6.45) is 1.69. The maximum atomic E-state index is 12.3. The van der Waals surface area contributed by atoms with Gasteiger partial charge in [-0.1, -0.05) is 0 Å². The first kappa shape index (κ1) is 17.9. The van der Waals surface area contributed by atoms with Crippen LogP contribution in [0, 0.1) is 0 Å². The maximum Gasteiger partial charge on any atom is 0.293 e. The van der Waals surface area contributed by atoms with Crippen LogP contribution in [-0.4, -0.2) is 35.8 Å². The zero-order valence-electron chi connectivity index (χ0n) is 13.4. The minimum Gasteiger partial charge on any atom is -0.492 e. The molecule has 0 N–H and O–H groups in total. The molecule has 1 aromatic carbocycles. The number of thioether (sulfide) groups is 1. The monoisotopic (exact) mass is 399 g/mol. The van der Waals surface area contributed by atoms with E-state index < -0.39 is 0 Å². The highest BCUT2D eigenvalue weighted by molar-refractivity contribution is 9.10. The summed E-state index contributed by atoms with van der Waals surface area (Å²) in [6.45, 7) is 6.01. The lowest BCUT2D eigenvalue weighted by molar-refractivity contribution is -0.123. The van der Waals surface area contributed by atoms with Gasteiger partial charge in [0.2, 0.25) is 0 Å². The number of ether oxygens (including phenoxy) is 2. The molecule has 1 aliphatic heterocycles. The fourth-order valence-corrected chi connectivity index (χ4v) is 3.79. The zero-order valence-corrected chi connectivity index (χ0v) is 15.8. The van der Waals surface area contributed by atoms with Gasteiger partial charge in [0.1, 0.15) is 0 Å². The molecule has 23 heavy (non-hydrogen) atoms. The molecule has 2 amide bonds. The van der Waals surface area contributed by atoms with Crippen LogP contribution in [0.25, 0.3) is 6.08 Å². The van der Waals surface area contributed by atoms with Gasteiger partial charge in [0.25, 0.3) is 11.1 Å². The molecule has 1 fully saturated rings. The number of halogens is 1. The number of carbonyl (C=O) groups is 2. The number of benzene rings is 1. The Morgan fingerprint density at radius 1 is 1.35 bits per heavy atom. The van der Waals surface area contributed by atoms with Crippen molar-refractivity contribution in [2.24, 2.45) is 0 Å². The molecule has 0 saturated carbocycles. The number of carbonyl (C=O) groups excluding carboxylic acids is 2. The Hall–Kier alpha value is -1.47. The Bertz CT molecular complexity index is 672. The Morgan fingerprint density at radius 3 is 2.57 bits per heavy atom. The minimum absolute atomic E-state index is 0.157. The van der Waals surface area contributed by atoms with Gasteiger partial charge in [0, 0.05) is 6.04 Å². The Kier molecular flexibility index (Phi) is 5.75. The summed E-state index contributed by atoms with van der Waals surface area (Å²) >= 11 is 4.39. The van der Waals surface area contributed by atoms with Crippen LogP contribution in [-0.2, 0) is 4.79 Å². The van der Waals surface area contributed by atoms with Gasteiger partial charge >= 0.3 is 0 Å². The predicted molar refractivity (Wildman–Crippen MR) is 94.8 cm³/mol. The average molecular weight is 400 g/mol. The molecule has 0 unspecified atom stereocenters. The summed E-state index contributed by atoms with van der Waals surface area (Å²) < 4.78 is 11.6. The van der Waals surface area contributed by atoms with Crippen LogP contribution in [0.1, 0.15) is 26.3 Å². The van der Waals surface area contributed by atoms with Crippen LogP contribution in [0.3, 0.4) is 0 Å². The Labute approximate surface area is 148 Å². The largest absolute Gasteiger partial charge is 0.492 e. The molecule has 0 radical (unpaired) electrons. The fraction of sp³-hybridized carbons (Fsp3) is 0.375. The van der Waals surface area contributed by atoms with Gasteiger partial charge in [0.15, 0.2) is 11.5 Å². The quantitative estimate of drug-likeness (QED) is 0.690. The van der Waals surface area contributed by atoms with E-state index in [1.165, 1.54) is 4.90 Å². The summed E-state index contributed by atoms with van der Waals surface area (Å²) in [5.74, 6) is 0.915. The number of amides is 2. The van der Waals surface area contributed by atoms with Gasteiger partial charge in [-0.25, -0.2) is 0 Å². The van der Waals surface area contributed by atoms with Crippen LogP contribution in [0.2, 0.25) is 0 Å². The van der Waals surface area contributed by atoms with Crippen molar-refractivity contribution in [1.82, 2.24) is 4.90 Å². The summed E-state index contributed by atoms with van der Waals surface area (Å²) in [6, 6.07) is 3.45. The molecule has 0 spiro atoms. The molecule has 5 nitrogen and oxygen atoms in total. The Balaban J connectivity index is 2.40. The third kappa shape index (κ3) is 3.72. The second-order valence-electron chi connectivity index (χ2n) is 5.11. The van der Waals surface area contributed by atoms with Gasteiger partial charge in [-0.15, -0.1) is 0 Å². The van der Waals surface area contributed by atoms with E-state index in [1.54, 1.807) is 19.3 Å². The molecule has 2 rings (SSSR count). The van der Waals surface area contributed by atoms with E-state index in [4.69, 9.17) is 9.47 Å². The third-order valence-corrected chi connectivity index (χ3v) is 4.65. The van der Waals surface area contributed by atoms with Crippen molar-refractivity contribution < 1.29 is 19.1 Å². The van der Waals surface area contributed by atoms with Crippen LogP contribution in [0.4, 0.5) is 4.79 Å². The molecule has 0 atom stereocenters. The van der Waals surface area contributed by atoms with E-state index in [0.717, 1.165) is 21.8 Å². The molecule has 1 aromatic rings. The van der Waals surface area contributed by atoms with E-state index >= 15 is 0 Å². The number of methoxy groups -OCH3 is 1. The third-order valence-electron chi connectivity index (χ3n) is 3.17. The van der Waals surface area contributed by atoms with Crippen LogP contribution in [0.5, 0.6) is 11.5 Å². The van der Waals surface area contributed by atoms with Crippen molar-refractivity contribution in [3.05, 3.63) is 27.1 Å². The van der Waals surface area contributed by atoms with Gasteiger partial charge in [-0.2, -0.15) is 0 Å². The van der Waals surface area contributed by atoms with E-state index in [0.29, 0.717) is 23.0 Å². The topological polar surface area (TPSA) is 55.8 Å². The standard InChI is InChI=1S/C16H18BrNO4S/c1-5-22-12-7-10(6-11(17)14(12)21-4)8-13-15(19)18(9(2)3)16(20)23-13/h6-9H,5H2,1-4H3/b13-8+. The van der Waals surface area contributed by atoms with Crippen LogP contribution >= 0.6 is 27.7 Å². The van der Waals surface area contributed by atoms with Crippen LogP contribution < -0.4 is 9.47 Å². The van der Waals surface area contributed by atoms with Gasteiger partial charge in [-0.3, -0.25) is 14.5 Å². The highest BCUT2D eigenvalue weighted by atomic mass is 79.9. The van der Waals surface area contributed by atoms with Crippen molar-refractivity contribution in [3.63, 3.8) is 0 Å². The van der Waals surface area contributed by atoms with Crippen molar-refractivity contribution in [2.45, 2.75) is 26.8 Å². The lowest BCUT2D eigenvalue weighted by Crippen LogP contribution is -2.34. The number of imide groups is 1. The summed E-state index contributed by atoms with van der Waals surface area (Å²) in [7, 11) is 1.57. The highest BCUT2D eigenvalue weighted by Gasteiger charge is 2.36. The highest BCUT2D eigenvalue weighted by Crippen LogP contribution is 2.39. The molecule has 7 heteroatoms. The minimum atomic E-state index is -0.264. The zero-order chi connectivity index (χ0) is 17.1. The smallest absolute Gasteiger partial charge is 0.293 e. The Morgan fingerprint density at radius 2 is 2.04 bits per heavy atom. The van der Waals surface area contributed by atoms with Crippen LogP contribution in [0.15, 0.2) is 21.5 Å². The molecule has 1 heterocycles. The predicted octanol–water partition coefficient (Wildman–Crippen LogP) is 4.30. The molecular weight excluding hydrogens is 382 g/mol. The van der Waals surface area contributed by atoms with E-state index in [-0.39, 0.29) is 17.2 Å². The first-order chi connectivity index (χ1) is 10.9.